The van der Waals surface area contributed by atoms with E-state index in [9.17, 15) is 0 Å². The first-order chi connectivity index (χ1) is 8.61. The molecule has 4 heteroatoms. The van der Waals surface area contributed by atoms with E-state index in [2.05, 4.69) is 30.7 Å². The summed E-state index contributed by atoms with van der Waals surface area (Å²) in [6.07, 6.45) is 5.30. The van der Waals surface area contributed by atoms with Gasteiger partial charge in [0.2, 0.25) is 0 Å². The van der Waals surface area contributed by atoms with Crippen molar-refractivity contribution >= 4 is 0 Å². The quantitative estimate of drug-likeness (QED) is 0.871. The second kappa shape index (κ2) is 5.85. The van der Waals surface area contributed by atoms with Gasteiger partial charge in [0.05, 0.1) is 6.20 Å². The Morgan fingerprint density at radius 1 is 1.50 bits per heavy atom. The van der Waals surface area contributed by atoms with Gasteiger partial charge in [0.15, 0.2) is 5.89 Å². The molecule has 0 bridgehead atoms. The van der Waals surface area contributed by atoms with Crippen molar-refractivity contribution in [1.82, 2.24) is 9.88 Å². The zero-order valence-electron chi connectivity index (χ0n) is 11.7. The molecule has 0 aliphatic carbocycles. The fraction of sp³-hybridized carbons (Fsp3) is 0.786. The number of aromatic nitrogens is 1. The van der Waals surface area contributed by atoms with Gasteiger partial charge in [-0.25, -0.2) is 4.98 Å². The van der Waals surface area contributed by atoms with Crippen LogP contribution in [0.1, 0.15) is 51.2 Å². The maximum Gasteiger partial charge on any atom is 0.195 e. The van der Waals surface area contributed by atoms with Gasteiger partial charge in [-0.15, -0.1) is 0 Å². The molecule has 1 aliphatic rings. The number of likely N-dealkylation sites (tertiary alicyclic amines) is 1. The minimum absolute atomic E-state index is 0.260. The fourth-order valence-corrected chi connectivity index (χ4v) is 2.72. The average Bonchev–Trinajstić information content (AvgIpc) is 2.97. The summed E-state index contributed by atoms with van der Waals surface area (Å²) in [5.74, 6) is 2.04. The van der Waals surface area contributed by atoms with E-state index < -0.39 is 0 Å². The van der Waals surface area contributed by atoms with Crippen molar-refractivity contribution in [3.63, 3.8) is 0 Å². The van der Waals surface area contributed by atoms with Crippen LogP contribution < -0.4 is 5.73 Å². The van der Waals surface area contributed by atoms with E-state index in [-0.39, 0.29) is 5.92 Å². The van der Waals surface area contributed by atoms with Crippen molar-refractivity contribution in [2.24, 2.45) is 5.73 Å². The van der Waals surface area contributed by atoms with Crippen molar-refractivity contribution in [3.05, 3.63) is 17.8 Å². The third-order valence-electron chi connectivity index (χ3n) is 3.91. The predicted molar refractivity (Wildman–Crippen MR) is 72.5 cm³/mol. The lowest BCUT2D eigenvalue weighted by Gasteiger charge is -2.27. The van der Waals surface area contributed by atoms with Crippen molar-refractivity contribution in [2.45, 2.75) is 58.0 Å². The molecule has 0 amide bonds. The summed E-state index contributed by atoms with van der Waals surface area (Å²) in [5.41, 5.74) is 5.64. The third-order valence-corrected chi connectivity index (χ3v) is 3.91. The van der Waals surface area contributed by atoms with Crippen LogP contribution in [0.25, 0.3) is 0 Å². The summed E-state index contributed by atoms with van der Waals surface area (Å²) in [4.78, 5) is 6.95. The normalized spacial score (nSPS) is 22.8. The molecule has 2 rings (SSSR count). The molecule has 2 atom stereocenters. The number of hydrogen-bond donors (Lipinski definition) is 1. The van der Waals surface area contributed by atoms with Crippen molar-refractivity contribution < 1.29 is 4.42 Å². The van der Waals surface area contributed by atoms with Crippen LogP contribution in [0.4, 0.5) is 0 Å². The summed E-state index contributed by atoms with van der Waals surface area (Å²) in [7, 11) is 0. The third kappa shape index (κ3) is 2.93. The van der Waals surface area contributed by atoms with E-state index in [0.29, 0.717) is 18.6 Å². The number of nitrogens with two attached hydrogens (primary N) is 1. The topological polar surface area (TPSA) is 55.3 Å². The summed E-state index contributed by atoms with van der Waals surface area (Å²) in [6, 6.07) is 1.19. The molecule has 18 heavy (non-hydrogen) atoms. The maximum atomic E-state index is 5.81. The molecule has 2 unspecified atom stereocenters. The van der Waals surface area contributed by atoms with E-state index in [1.807, 2.05) is 6.20 Å². The average molecular weight is 251 g/mol. The molecule has 0 spiro atoms. The Bertz CT molecular complexity index is 375. The van der Waals surface area contributed by atoms with Crippen LogP contribution in [0.3, 0.4) is 0 Å². The molecule has 2 heterocycles. The van der Waals surface area contributed by atoms with Gasteiger partial charge in [-0.1, -0.05) is 6.92 Å². The van der Waals surface area contributed by atoms with Gasteiger partial charge in [-0.3, -0.25) is 4.90 Å². The molecular weight excluding hydrogens is 226 g/mol. The molecule has 1 fully saturated rings. The minimum atomic E-state index is 0.260. The van der Waals surface area contributed by atoms with E-state index in [4.69, 9.17) is 10.2 Å². The van der Waals surface area contributed by atoms with Crippen LogP contribution in [0.2, 0.25) is 0 Å². The lowest BCUT2D eigenvalue weighted by Crippen LogP contribution is -2.36. The highest BCUT2D eigenvalue weighted by atomic mass is 16.4. The first-order valence-electron chi connectivity index (χ1n) is 7.02. The van der Waals surface area contributed by atoms with Gasteiger partial charge in [0, 0.05) is 31.0 Å². The van der Waals surface area contributed by atoms with Crippen LogP contribution >= 0.6 is 0 Å². The smallest absolute Gasteiger partial charge is 0.195 e. The highest BCUT2D eigenvalue weighted by molar-refractivity contribution is 5.02. The SMILES string of the molecule is CC(CN)c1cnc(CC2CCCN2C(C)C)o1. The molecule has 1 saturated heterocycles. The molecule has 0 aromatic carbocycles. The molecular formula is C14H25N3O. The van der Waals surface area contributed by atoms with E-state index in [1.54, 1.807) is 0 Å². The zero-order valence-corrected chi connectivity index (χ0v) is 11.7. The largest absolute Gasteiger partial charge is 0.445 e. The van der Waals surface area contributed by atoms with E-state index >= 15 is 0 Å². The lowest BCUT2D eigenvalue weighted by molar-refractivity contribution is 0.194. The van der Waals surface area contributed by atoms with E-state index in [0.717, 1.165) is 18.1 Å². The second-order valence-corrected chi connectivity index (χ2v) is 5.62. The van der Waals surface area contributed by atoms with Crippen LogP contribution in [0.15, 0.2) is 10.6 Å². The Morgan fingerprint density at radius 2 is 2.28 bits per heavy atom. The first-order valence-corrected chi connectivity index (χ1v) is 7.02. The number of rotatable bonds is 5. The summed E-state index contributed by atoms with van der Waals surface area (Å²) >= 11 is 0. The van der Waals surface area contributed by atoms with Gasteiger partial charge in [-0.2, -0.15) is 0 Å². The Hall–Kier alpha value is -0.870. The van der Waals surface area contributed by atoms with Gasteiger partial charge >= 0.3 is 0 Å². The van der Waals surface area contributed by atoms with Crippen LogP contribution in [-0.4, -0.2) is 35.1 Å². The fourth-order valence-electron chi connectivity index (χ4n) is 2.72. The monoisotopic (exact) mass is 251 g/mol. The van der Waals surface area contributed by atoms with Gasteiger partial charge in [-0.05, 0) is 33.2 Å². The zero-order chi connectivity index (χ0) is 13.1. The van der Waals surface area contributed by atoms with E-state index in [1.165, 1.54) is 19.4 Å². The predicted octanol–water partition coefficient (Wildman–Crippen LogP) is 2.15. The van der Waals surface area contributed by atoms with Crippen molar-refractivity contribution in [1.29, 1.82) is 0 Å². The molecule has 102 valence electrons. The minimum Gasteiger partial charge on any atom is -0.445 e. The summed E-state index contributed by atoms with van der Waals surface area (Å²) in [6.45, 7) is 8.40. The highest BCUT2D eigenvalue weighted by Gasteiger charge is 2.28. The molecule has 1 aromatic rings. The number of oxazole rings is 1. The van der Waals surface area contributed by atoms with Crippen LogP contribution in [-0.2, 0) is 6.42 Å². The Labute approximate surface area is 110 Å². The van der Waals surface area contributed by atoms with Crippen molar-refractivity contribution in [2.75, 3.05) is 13.1 Å². The van der Waals surface area contributed by atoms with Crippen molar-refractivity contribution in [3.8, 4) is 0 Å². The van der Waals surface area contributed by atoms with Gasteiger partial charge in [0.25, 0.3) is 0 Å². The van der Waals surface area contributed by atoms with Gasteiger partial charge < -0.3 is 10.2 Å². The molecule has 1 aliphatic heterocycles. The Morgan fingerprint density at radius 3 is 2.94 bits per heavy atom. The standard InChI is InChI=1S/C14H25N3O/c1-10(2)17-6-4-5-12(17)7-14-16-9-13(18-14)11(3)8-15/h9-12H,4-8,15H2,1-3H3. The Kier molecular flexibility index (Phi) is 4.40. The maximum absolute atomic E-state index is 5.81. The second-order valence-electron chi connectivity index (χ2n) is 5.62. The lowest BCUT2D eigenvalue weighted by atomic mass is 10.1. The summed E-state index contributed by atoms with van der Waals surface area (Å²) < 4.78 is 5.81. The molecule has 0 radical (unpaired) electrons. The highest BCUT2D eigenvalue weighted by Crippen LogP contribution is 2.24. The van der Waals surface area contributed by atoms with Crippen LogP contribution in [0.5, 0.6) is 0 Å². The van der Waals surface area contributed by atoms with Gasteiger partial charge in [0.1, 0.15) is 5.76 Å². The molecule has 1 aromatic heterocycles. The molecule has 0 saturated carbocycles. The van der Waals surface area contributed by atoms with Crippen LogP contribution in [0, 0.1) is 0 Å². The summed E-state index contributed by atoms with van der Waals surface area (Å²) in [5, 5.41) is 0. The number of hydrogen-bond acceptors (Lipinski definition) is 4. The molecule has 4 nitrogen and oxygen atoms in total. The number of nitrogens with zero attached hydrogens (tertiary/aromatic N) is 2. The molecule has 2 N–H and O–H groups in total. The Balaban J connectivity index is 1.98. The first kappa shape index (κ1) is 13.6.